The van der Waals surface area contributed by atoms with E-state index in [1.807, 2.05) is 6.07 Å². The normalized spacial score (nSPS) is 15.1. The zero-order valence-electron chi connectivity index (χ0n) is 12.5. The molecule has 0 unspecified atom stereocenters. The lowest BCUT2D eigenvalue weighted by Gasteiger charge is -2.34. The summed E-state index contributed by atoms with van der Waals surface area (Å²) >= 11 is 1.72. The predicted octanol–water partition coefficient (Wildman–Crippen LogP) is 2.28. The molecule has 3 amide bonds. The number of amides is 3. The van der Waals surface area contributed by atoms with Crippen molar-refractivity contribution in [2.45, 2.75) is 13.5 Å². The highest BCUT2D eigenvalue weighted by molar-refractivity contribution is 7.17. The van der Waals surface area contributed by atoms with Gasteiger partial charge in [0.15, 0.2) is 0 Å². The third kappa shape index (κ3) is 3.22. The fraction of sp³-hybridized carbons (Fsp3) is 0.375. The molecule has 1 aromatic carbocycles. The maximum atomic E-state index is 12.2. The predicted molar refractivity (Wildman–Crippen MR) is 87.9 cm³/mol. The second kappa shape index (κ2) is 6.36. The van der Waals surface area contributed by atoms with Crippen molar-refractivity contribution in [3.8, 4) is 0 Å². The van der Waals surface area contributed by atoms with E-state index in [0.29, 0.717) is 32.7 Å². The molecule has 0 radical (unpaired) electrons. The zero-order chi connectivity index (χ0) is 15.5. The molecule has 1 fully saturated rings. The van der Waals surface area contributed by atoms with Gasteiger partial charge >= 0.3 is 6.03 Å². The third-order valence-electron chi connectivity index (χ3n) is 3.97. The third-order valence-corrected chi connectivity index (χ3v) is 4.87. The standard InChI is InChI=1S/C16H19N3O2S/c1-12(20)18-5-7-19(8-6-18)16(21)17-11-13-2-3-15-14(10-13)4-9-22-15/h2-4,9-10H,5-8,11H2,1H3,(H,17,21). The summed E-state index contributed by atoms with van der Waals surface area (Å²) in [4.78, 5) is 27.0. The molecule has 3 rings (SSSR count). The SMILES string of the molecule is CC(=O)N1CCN(C(=O)NCc2ccc3sccc3c2)CC1. The highest BCUT2D eigenvalue weighted by Gasteiger charge is 2.21. The number of hydrogen-bond donors (Lipinski definition) is 1. The van der Waals surface area contributed by atoms with Crippen LogP contribution in [0.3, 0.4) is 0 Å². The maximum Gasteiger partial charge on any atom is 0.317 e. The van der Waals surface area contributed by atoms with Gasteiger partial charge in [-0.2, -0.15) is 0 Å². The summed E-state index contributed by atoms with van der Waals surface area (Å²) in [5, 5.41) is 6.24. The van der Waals surface area contributed by atoms with Gasteiger partial charge in [0.05, 0.1) is 0 Å². The first-order chi connectivity index (χ1) is 10.6. The van der Waals surface area contributed by atoms with Crippen molar-refractivity contribution in [3.63, 3.8) is 0 Å². The van der Waals surface area contributed by atoms with Gasteiger partial charge in [0.1, 0.15) is 0 Å². The van der Waals surface area contributed by atoms with Crippen molar-refractivity contribution in [1.29, 1.82) is 0 Å². The Hall–Kier alpha value is -2.08. The summed E-state index contributed by atoms with van der Waals surface area (Å²) < 4.78 is 1.26. The number of fused-ring (bicyclic) bond motifs is 1. The Bertz CT molecular complexity index is 690. The minimum atomic E-state index is -0.0615. The van der Waals surface area contributed by atoms with Crippen molar-refractivity contribution in [1.82, 2.24) is 15.1 Å². The van der Waals surface area contributed by atoms with Crippen LogP contribution in [0, 0.1) is 0 Å². The Labute approximate surface area is 133 Å². The molecule has 1 aromatic heterocycles. The number of carbonyl (C=O) groups is 2. The first kappa shape index (κ1) is 14.8. The van der Waals surface area contributed by atoms with Gasteiger partial charge in [-0.25, -0.2) is 4.79 Å². The number of nitrogens with one attached hydrogen (secondary N) is 1. The van der Waals surface area contributed by atoms with Crippen LogP contribution < -0.4 is 5.32 Å². The van der Waals surface area contributed by atoms with Gasteiger partial charge in [-0.3, -0.25) is 4.79 Å². The second-order valence-corrected chi connectivity index (χ2v) is 6.39. The Morgan fingerprint density at radius 1 is 1.14 bits per heavy atom. The lowest BCUT2D eigenvalue weighted by Crippen LogP contribution is -2.52. The van der Waals surface area contributed by atoms with Crippen molar-refractivity contribution in [2.75, 3.05) is 26.2 Å². The molecule has 22 heavy (non-hydrogen) atoms. The molecule has 2 aromatic rings. The van der Waals surface area contributed by atoms with Crippen LogP contribution in [0.25, 0.3) is 10.1 Å². The molecular weight excluding hydrogens is 298 g/mol. The quantitative estimate of drug-likeness (QED) is 0.924. The number of carbonyl (C=O) groups excluding carboxylic acids is 2. The van der Waals surface area contributed by atoms with Gasteiger partial charge < -0.3 is 15.1 Å². The van der Waals surface area contributed by atoms with Gasteiger partial charge in [-0.05, 0) is 34.5 Å². The highest BCUT2D eigenvalue weighted by atomic mass is 32.1. The first-order valence-electron chi connectivity index (χ1n) is 7.38. The molecule has 0 bridgehead atoms. The summed E-state index contributed by atoms with van der Waals surface area (Å²) in [6.07, 6.45) is 0. The van der Waals surface area contributed by atoms with E-state index in [1.165, 1.54) is 10.1 Å². The molecule has 2 heterocycles. The fourth-order valence-corrected chi connectivity index (χ4v) is 3.41. The Morgan fingerprint density at radius 2 is 1.86 bits per heavy atom. The first-order valence-corrected chi connectivity index (χ1v) is 8.26. The van der Waals surface area contributed by atoms with E-state index in [1.54, 1.807) is 28.1 Å². The molecule has 1 aliphatic rings. The smallest absolute Gasteiger partial charge is 0.317 e. The molecule has 1 N–H and O–H groups in total. The van der Waals surface area contributed by atoms with Gasteiger partial charge in [-0.15, -0.1) is 11.3 Å². The van der Waals surface area contributed by atoms with Crippen LogP contribution in [0.4, 0.5) is 4.79 Å². The van der Waals surface area contributed by atoms with Gasteiger partial charge in [0.2, 0.25) is 5.91 Å². The topological polar surface area (TPSA) is 52.7 Å². The van der Waals surface area contributed by atoms with Crippen LogP contribution in [-0.2, 0) is 11.3 Å². The number of thiophene rings is 1. The lowest BCUT2D eigenvalue weighted by atomic mass is 10.2. The minimum Gasteiger partial charge on any atom is -0.339 e. The van der Waals surface area contributed by atoms with E-state index in [4.69, 9.17) is 0 Å². The molecule has 0 aliphatic carbocycles. The lowest BCUT2D eigenvalue weighted by molar-refractivity contribution is -0.130. The van der Waals surface area contributed by atoms with E-state index in [9.17, 15) is 9.59 Å². The molecule has 5 nitrogen and oxygen atoms in total. The van der Waals surface area contributed by atoms with Crippen molar-refractivity contribution in [3.05, 3.63) is 35.2 Å². The second-order valence-electron chi connectivity index (χ2n) is 5.44. The van der Waals surface area contributed by atoms with Crippen LogP contribution in [-0.4, -0.2) is 47.9 Å². The molecule has 6 heteroatoms. The van der Waals surface area contributed by atoms with Crippen LogP contribution in [0.2, 0.25) is 0 Å². The summed E-state index contributed by atoms with van der Waals surface area (Å²) in [5.74, 6) is 0.0733. The Kier molecular flexibility index (Phi) is 4.29. The van der Waals surface area contributed by atoms with Crippen LogP contribution in [0.5, 0.6) is 0 Å². The number of piperazine rings is 1. The number of nitrogens with zero attached hydrogens (tertiary/aromatic N) is 2. The maximum absolute atomic E-state index is 12.2. The summed E-state index contributed by atoms with van der Waals surface area (Å²) in [5.41, 5.74) is 1.10. The largest absolute Gasteiger partial charge is 0.339 e. The van der Waals surface area contributed by atoms with Crippen LogP contribution >= 0.6 is 11.3 Å². The molecule has 1 aliphatic heterocycles. The molecule has 0 spiro atoms. The Morgan fingerprint density at radius 3 is 2.59 bits per heavy atom. The molecule has 116 valence electrons. The van der Waals surface area contributed by atoms with Crippen LogP contribution in [0.15, 0.2) is 29.6 Å². The van der Waals surface area contributed by atoms with Crippen molar-refractivity contribution >= 4 is 33.4 Å². The summed E-state index contributed by atoms with van der Waals surface area (Å²) in [6.45, 7) is 4.51. The van der Waals surface area contributed by atoms with E-state index >= 15 is 0 Å². The summed E-state index contributed by atoms with van der Waals surface area (Å²) in [7, 11) is 0. The molecule has 0 atom stereocenters. The van der Waals surface area contributed by atoms with Crippen molar-refractivity contribution in [2.24, 2.45) is 0 Å². The van der Waals surface area contributed by atoms with Crippen LogP contribution in [0.1, 0.15) is 12.5 Å². The number of urea groups is 1. The summed E-state index contributed by atoms with van der Waals surface area (Å²) in [6, 6.07) is 8.28. The number of hydrogen-bond acceptors (Lipinski definition) is 3. The van der Waals surface area contributed by atoms with Crippen molar-refractivity contribution < 1.29 is 9.59 Å². The fourth-order valence-electron chi connectivity index (χ4n) is 2.64. The molecular formula is C16H19N3O2S. The number of rotatable bonds is 2. The van der Waals surface area contributed by atoms with Gasteiger partial charge in [0, 0.05) is 44.3 Å². The van der Waals surface area contributed by atoms with Gasteiger partial charge in [-0.1, -0.05) is 6.07 Å². The number of benzene rings is 1. The van der Waals surface area contributed by atoms with E-state index in [0.717, 1.165) is 5.56 Å². The Balaban J connectivity index is 1.53. The average molecular weight is 317 g/mol. The van der Waals surface area contributed by atoms with E-state index in [-0.39, 0.29) is 11.9 Å². The monoisotopic (exact) mass is 317 g/mol. The molecule has 0 saturated carbocycles. The minimum absolute atomic E-state index is 0.0615. The zero-order valence-corrected chi connectivity index (χ0v) is 13.4. The average Bonchev–Trinajstić information content (AvgIpc) is 3.00. The van der Waals surface area contributed by atoms with E-state index in [2.05, 4.69) is 28.9 Å². The molecule has 1 saturated heterocycles. The highest BCUT2D eigenvalue weighted by Crippen LogP contribution is 2.21. The van der Waals surface area contributed by atoms with Gasteiger partial charge in [0.25, 0.3) is 0 Å². The van der Waals surface area contributed by atoms with E-state index < -0.39 is 0 Å².